The number of benzene rings is 1. The molecule has 2 heterocycles. The van der Waals surface area contributed by atoms with E-state index in [0.717, 1.165) is 17.7 Å². The Bertz CT molecular complexity index is 544. The van der Waals surface area contributed by atoms with E-state index in [-0.39, 0.29) is 12.5 Å². The van der Waals surface area contributed by atoms with Gasteiger partial charge in [0.1, 0.15) is 11.4 Å². The van der Waals surface area contributed by atoms with Crippen LogP contribution in [0.25, 0.3) is 0 Å². The third kappa shape index (κ3) is 1.73. The van der Waals surface area contributed by atoms with Gasteiger partial charge in [0, 0.05) is 32.0 Å². The van der Waals surface area contributed by atoms with Gasteiger partial charge < -0.3 is 20.5 Å². The monoisotopic (exact) mass is 262 g/mol. The Morgan fingerprint density at radius 1 is 1.58 bits per heavy atom. The number of hydrogen-bond acceptors (Lipinski definition) is 4. The first-order valence-electron chi connectivity index (χ1n) is 6.56. The number of rotatable bonds is 1. The summed E-state index contributed by atoms with van der Waals surface area (Å²) in [5.41, 5.74) is 7.16. The van der Waals surface area contributed by atoms with Crippen LogP contribution in [-0.2, 0) is 16.8 Å². The second-order valence-electron chi connectivity index (χ2n) is 5.20. The van der Waals surface area contributed by atoms with E-state index in [9.17, 15) is 9.90 Å². The predicted molar refractivity (Wildman–Crippen MR) is 71.2 cm³/mol. The van der Waals surface area contributed by atoms with Gasteiger partial charge >= 0.3 is 0 Å². The van der Waals surface area contributed by atoms with Crippen LogP contribution in [0.4, 0.5) is 5.69 Å². The standard InChI is InChI=1S/C14H18N2O3/c1-9(17)16-6-5-14(18,8-15)11-3-2-10-4-7-19-13(10)12(11)16/h2-3,18H,4-8,15H2,1H3. The molecule has 0 saturated heterocycles. The molecule has 1 aromatic carbocycles. The number of carbonyl (C=O) groups excluding carboxylic acids is 1. The Kier molecular flexibility index (Phi) is 2.76. The summed E-state index contributed by atoms with van der Waals surface area (Å²) < 4.78 is 5.67. The molecule has 3 N–H and O–H groups in total. The molecule has 5 heteroatoms. The zero-order chi connectivity index (χ0) is 13.6. The summed E-state index contributed by atoms with van der Waals surface area (Å²) in [5, 5.41) is 10.6. The number of nitrogens with two attached hydrogens (primary N) is 1. The van der Waals surface area contributed by atoms with Gasteiger partial charge in [-0.2, -0.15) is 0 Å². The summed E-state index contributed by atoms with van der Waals surface area (Å²) >= 11 is 0. The van der Waals surface area contributed by atoms with Crippen LogP contribution in [-0.4, -0.2) is 30.7 Å². The molecule has 0 radical (unpaired) electrons. The van der Waals surface area contributed by atoms with Gasteiger partial charge in [0.15, 0.2) is 0 Å². The van der Waals surface area contributed by atoms with Gasteiger partial charge in [-0.15, -0.1) is 0 Å². The predicted octanol–water partition coefficient (Wildman–Crippen LogP) is 0.524. The van der Waals surface area contributed by atoms with Crippen molar-refractivity contribution < 1.29 is 14.6 Å². The molecule has 1 aromatic rings. The quantitative estimate of drug-likeness (QED) is 0.774. The van der Waals surface area contributed by atoms with Crippen LogP contribution in [0.2, 0.25) is 0 Å². The molecule has 2 aliphatic heterocycles. The van der Waals surface area contributed by atoms with E-state index in [4.69, 9.17) is 10.5 Å². The highest BCUT2D eigenvalue weighted by atomic mass is 16.5. The Balaban J connectivity index is 2.23. The average Bonchev–Trinajstić information content (AvgIpc) is 2.87. The van der Waals surface area contributed by atoms with E-state index in [2.05, 4.69) is 0 Å². The minimum absolute atomic E-state index is 0.0378. The van der Waals surface area contributed by atoms with Crippen molar-refractivity contribution in [2.24, 2.45) is 5.73 Å². The van der Waals surface area contributed by atoms with E-state index in [1.807, 2.05) is 12.1 Å². The molecule has 102 valence electrons. The third-order valence-corrected chi connectivity index (χ3v) is 4.07. The number of carbonyl (C=O) groups is 1. The van der Waals surface area contributed by atoms with Crippen LogP contribution in [0.3, 0.4) is 0 Å². The van der Waals surface area contributed by atoms with Crippen LogP contribution in [0, 0.1) is 0 Å². The van der Waals surface area contributed by atoms with Crippen molar-refractivity contribution in [2.75, 3.05) is 24.6 Å². The third-order valence-electron chi connectivity index (χ3n) is 4.07. The summed E-state index contributed by atoms with van der Waals surface area (Å²) in [5.74, 6) is 0.698. The molecular formula is C14H18N2O3. The smallest absolute Gasteiger partial charge is 0.223 e. The maximum atomic E-state index is 11.8. The van der Waals surface area contributed by atoms with Crippen molar-refractivity contribution in [1.29, 1.82) is 0 Å². The second kappa shape index (κ2) is 4.21. The lowest BCUT2D eigenvalue weighted by Gasteiger charge is -2.39. The minimum atomic E-state index is -1.07. The van der Waals surface area contributed by atoms with Gasteiger partial charge in [-0.25, -0.2) is 0 Å². The zero-order valence-corrected chi connectivity index (χ0v) is 11.0. The van der Waals surface area contributed by atoms with Crippen LogP contribution < -0.4 is 15.4 Å². The van der Waals surface area contributed by atoms with E-state index < -0.39 is 5.60 Å². The van der Waals surface area contributed by atoms with Gasteiger partial charge in [0.05, 0.1) is 12.3 Å². The lowest BCUT2D eigenvalue weighted by molar-refractivity contribution is -0.117. The van der Waals surface area contributed by atoms with Crippen molar-refractivity contribution in [3.05, 3.63) is 23.3 Å². The molecule has 1 atom stereocenters. The topological polar surface area (TPSA) is 75.8 Å². The highest BCUT2D eigenvalue weighted by Gasteiger charge is 2.40. The lowest BCUT2D eigenvalue weighted by atomic mass is 9.84. The molecule has 0 aliphatic carbocycles. The summed E-state index contributed by atoms with van der Waals surface area (Å²) in [6.07, 6.45) is 1.30. The minimum Gasteiger partial charge on any atom is -0.491 e. The number of hydrogen-bond donors (Lipinski definition) is 2. The van der Waals surface area contributed by atoms with E-state index in [1.54, 1.807) is 4.90 Å². The maximum Gasteiger partial charge on any atom is 0.223 e. The Morgan fingerprint density at radius 3 is 3.05 bits per heavy atom. The van der Waals surface area contributed by atoms with Gasteiger partial charge in [-0.3, -0.25) is 4.79 Å². The van der Waals surface area contributed by atoms with Crippen molar-refractivity contribution in [3.8, 4) is 5.75 Å². The van der Waals surface area contributed by atoms with Crippen LogP contribution >= 0.6 is 0 Å². The summed E-state index contributed by atoms with van der Waals surface area (Å²) in [6.45, 7) is 2.77. The molecule has 0 bridgehead atoms. The van der Waals surface area contributed by atoms with Crippen molar-refractivity contribution in [1.82, 2.24) is 0 Å². The van der Waals surface area contributed by atoms with E-state index in [0.29, 0.717) is 30.8 Å². The maximum absolute atomic E-state index is 11.8. The van der Waals surface area contributed by atoms with Crippen LogP contribution in [0.15, 0.2) is 12.1 Å². The largest absolute Gasteiger partial charge is 0.491 e. The number of anilines is 1. The molecule has 1 amide bonds. The average molecular weight is 262 g/mol. The Labute approximate surface area is 112 Å². The number of aliphatic hydroxyl groups is 1. The highest BCUT2D eigenvalue weighted by molar-refractivity contribution is 5.95. The Hall–Kier alpha value is -1.59. The van der Waals surface area contributed by atoms with Crippen LogP contribution in [0.5, 0.6) is 5.75 Å². The van der Waals surface area contributed by atoms with Gasteiger partial charge in [0.2, 0.25) is 5.91 Å². The van der Waals surface area contributed by atoms with E-state index >= 15 is 0 Å². The molecule has 2 aliphatic rings. The number of nitrogens with zero attached hydrogens (tertiary/aromatic N) is 1. The van der Waals surface area contributed by atoms with Crippen LogP contribution in [0.1, 0.15) is 24.5 Å². The molecule has 5 nitrogen and oxygen atoms in total. The zero-order valence-electron chi connectivity index (χ0n) is 11.0. The molecule has 0 fully saturated rings. The van der Waals surface area contributed by atoms with Gasteiger partial charge in [-0.1, -0.05) is 12.1 Å². The van der Waals surface area contributed by atoms with Gasteiger partial charge in [-0.05, 0) is 12.0 Å². The number of ether oxygens (including phenoxy) is 1. The second-order valence-corrected chi connectivity index (χ2v) is 5.20. The van der Waals surface area contributed by atoms with Crippen molar-refractivity contribution in [3.63, 3.8) is 0 Å². The first-order chi connectivity index (χ1) is 9.07. The summed E-state index contributed by atoms with van der Waals surface area (Å²) in [4.78, 5) is 13.5. The molecular weight excluding hydrogens is 244 g/mol. The Morgan fingerprint density at radius 2 is 2.37 bits per heavy atom. The molecule has 1 unspecified atom stereocenters. The normalized spacial score (nSPS) is 24.7. The molecule has 0 saturated carbocycles. The number of fused-ring (bicyclic) bond motifs is 3. The number of amides is 1. The fraction of sp³-hybridized carbons (Fsp3) is 0.500. The fourth-order valence-corrected chi connectivity index (χ4v) is 2.95. The molecule has 0 spiro atoms. The summed E-state index contributed by atoms with van der Waals surface area (Å²) in [6, 6.07) is 3.84. The molecule has 3 rings (SSSR count). The highest BCUT2D eigenvalue weighted by Crippen LogP contribution is 2.46. The van der Waals surface area contributed by atoms with Crippen molar-refractivity contribution in [2.45, 2.75) is 25.4 Å². The SMILES string of the molecule is CC(=O)N1CCC(O)(CN)c2ccc3c(c21)OCC3. The molecule has 0 aromatic heterocycles. The lowest BCUT2D eigenvalue weighted by Crippen LogP contribution is -2.46. The first kappa shape index (κ1) is 12.4. The molecule has 19 heavy (non-hydrogen) atoms. The summed E-state index contributed by atoms with van der Waals surface area (Å²) in [7, 11) is 0. The van der Waals surface area contributed by atoms with Gasteiger partial charge in [0.25, 0.3) is 0 Å². The fourth-order valence-electron chi connectivity index (χ4n) is 2.95. The first-order valence-corrected chi connectivity index (χ1v) is 6.56. The van der Waals surface area contributed by atoms with E-state index in [1.165, 1.54) is 6.92 Å². The van der Waals surface area contributed by atoms with Crippen molar-refractivity contribution >= 4 is 11.6 Å².